The van der Waals surface area contributed by atoms with E-state index in [0.717, 1.165) is 0 Å². The third kappa shape index (κ3) is 118. The first-order valence-corrected chi connectivity index (χ1v) is 2.30. The van der Waals surface area contributed by atoms with Gasteiger partial charge in [0.15, 0.2) is 0 Å². The van der Waals surface area contributed by atoms with Crippen LogP contribution in [0, 0.1) is 0 Å². The second-order valence-corrected chi connectivity index (χ2v) is 1.47. The third-order valence-corrected chi connectivity index (χ3v) is 0. The van der Waals surface area contributed by atoms with E-state index < -0.39 is 7.82 Å². The van der Waals surface area contributed by atoms with Crippen LogP contribution < -0.4 is 4.89 Å². The predicted octanol–water partition coefficient (Wildman–Crippen LogP) is -2.77. The number of phosphoric acid groups is 1. The Morgan fingerprint density at radius 2 is 1.43 bits per heavy atom. The van der Waals surface area contributed by atoms with Gasteiger partial charge in [-0.05, 0) is 0 Å². The molecule has 0 fully saturated rings. The molecule has 0 rings (SSSR count). The molecule has 0 saturated carbocycles. The Labute approximate surface area is 69.9 Å². The predicted molar refractivity (Wildman–Crippen MR) is 21.4 cm³/mol. The van der Waals surface area contributed by atoms with Gasteiger partial charge in [-0.1, -0.05) is 0 Å². The van der Waals surface area contributed by atoms with E-state index in [4.69, 9.17) is 19.2 Å². The summed E-state index contributed by atoms with van der Waals surface area (Å²) in [4.78, 5) is 22.9. The second-order valence-electron chi connectivity index (χ2n) is 0.491. The molecule has 0 amide bonds. The summed E-state index contributed by atoms with van der Waals surface area (Å²) in [6, 6.07) is 0. The van der Waals surface area contributed by atoms with Gasteiger partial charge in [-0.15, -0.1) is 0 Å². The largest absolute Gasteiger partial charge is 2.00 e. The first kappa shape index (κ1) is 15.8. The van der Waals surface area contributed by atoms with E-state index in [0.29, 0.717) is 0 Å². The van der Waals surface area contributed by atoms with Crippen LogP contribution in [0.3, 0.4) is 0 Å². The Kier molecular flexibility index (Phi) is 12.3. The number of rotatable bonds is 0. The SMILES string of the molecule is O.O=P([O-])(O)O.[Ca+2]. The molecule has 0 heterocycles. The van der Waals surface area contributed by atoms with E-state index in [1.165, 1.54) is 0 Å². The van der Waals surface area contributed by atoms with Crippen LogP contribution in [0.4, 0.5) is 0 Å². The van der Waals surface area contributed by atoms with Crippen molar-refractivity contribution in [3.8, 4) is 0 Å². The molecule has 0 unspecified atom stereocenters. The molecular weight excluding hydrogens is 151 g/mol. The summed E-state index contributed by atoms with van der Waals surface area (Å²) in [6.07, 6.45) is 0. The molecule has 4 N–H and O–H groups in total. The van der Waals surface area contributed by atoms with Crippen LogP contribution in [-0.4, -0.2) is 53.0 Å². The number of hydrogen-bond donors (Lipinski definition) is 2. The molecule has 40 valence electrons. The van der Waals surface area contributed by atoms with Gasteiger partial charge in [0.2, 0.25) is 0 Å². The molecule has 5 nitrogen and oxygen atoms in total. The van der Waals surface area contributed by atoms with Crippen LogP contribution in [0.15, 0.2) is 0 Å². The van der Waals surface area contributed by atoms with Gasteiger partial charge in [0.25, 0.3) is 7.82 Å². The summed E-state index contributed by atoms with van der Waals surface area (Å²) in [7, 11) is -4.89. The van der Waals surface area contributed by atoms with Gasteiger partial charge >= 0.3 is 37.7 Å². The Bertz CT molecular complexity index is 54.2. The second kappa shape index (κ2) is 5.47. The van der Waals surface area contributed by atoms with Crippen LogP contribution in [0.25, 0.3) is 0 Å². The van der Waals surface area contributed by atoms with Gasteiger partial charge in [0.05, 0.1) is 0 Å². The average molecular weight is 155 g/mol. The van der Waals surface area contributed by atoms with E-state index in [1.54, 1.807) is 0 Å². The van der Waals surface area contributed by atoms with Crippen molar-refractivity contribution in [2.24, 2.45) is 0 Å². The molecule has 0 atom stereocenters. The molecule has 0 aliphatic rings. The number of hydrogen-bond acceptors (Lipinski definition) is 2. The molecule has 7 heavy (non-hydrogen) atoms. The Hall–Kier alpha value is 1.33. The minimum absolute atomic E-state index is 0. The fourth-order valence-corrected chi connectivity index (χ4v) is 0. The van der Waals surface area contributed by atoms with Crippen LogP contribution in [-0.2, 0) is 4.57 Å². The maximum absolute atomic E-state index is 8.77. The maximum atomic E-state index is 8.77. The zero-order chi connectivity index (χ0) is 4.50. The minimum atomic E-state index is -4.89. The van der Waals surface area contributed by atoms with E-state index in [9.17, 15) is 0 Å². The van der Waals surface area contributed by atoms with Crippen molar-refractivity contribution in [1.29, 1.82) is 0 Å². The van der Waals surface area contributed by atoms with Crippen LogP contribution in [0.5, 0.6) is 0 Å². The van der Waals surface area contributed by atoms with Crippen molar-refractivity contribution >= 4 is 45.6 Å². The fourth-order valence-electron chi connectivity index (χ4n) is 0. The summed E-state index contributed by atoms with van der Waals surface area (Å²) < 4.78 is 8.77. The van der Waals surface area contributed by atoms with Crippen molar-refractivity contribution in [2.45, 2.75) is 0 Å². The van der Waals surface area contributed by atoms with E-state index in [1.807, 2.05) is 0 Å². The quantitative estimate of drug-likeness (QED) is 0.291. The van der Waals surface area contributed by atoms with Gasteiger partial charge in [0, 0.05) is 0 Å². The zero-order valence-corrected chi connectivity index (χ0v) is 6.47. The van der Waals surface area contributed by atoms with Crippen LogP contribution in [0.2, 0.25) is 0 Å². The molecule has 0 bridgehead atoms. The van der Waals surface area contributed by atoms with Gasteiger partial charge in [-0.3, -0.25) is 4.57 Å². The normalized spacial score (nSPS) is 8.43. The Morgan fingerprint density at radius 1 is 1.43 bits per heavy atom. The Morgan fingerprint density at radius 3 is 1.43 bits per heavy atom. The summed E-state index contributed by atoms with van der Waals surface area (Å²) in [5, 5.41) is 0. The molecule has 0 aliphatic heterocycles. The summed E-state index contributed by atoms with van der Waals surface area (Å²) >= 11 is 0. The summed E-state index contributed by atoms with van der Waals surface area (Å²) in [5.74, 6) is 0. The molecule has 0 aromatic carbocycles. The van der Waals surface area contributed by atoms with E-state index in [-0.39, 0.29) is 43.2 Å². The first-order chi connectivity index (χ1) is 2.00. The smallest absolute Gasteiger partial charge is 0.756 e. The van der Waals surface area contributed by atoms with Crippen molar-refractivity contribution in [1.82, 2.24) is 0 Å². The standard InChI is InChI=1S/Ca.H3O4P.H2O/c;1-5(2,3)4;/h;(H3,1,2,3,4);1H2/q+2;;/p-1. The molecule has 0 aromatic heterocycles. The average Bonchev–Trinajstić information content (AvgIpc) is 0.722. The van der Waals surface area contributed by atoms with E-state index >= 15 is 0 Å². The maximum Gasteiger partial charge on any atom is 2.00 e. The van der Waals surface area contributed by atoms with E-state index in [2.05, 4.69) is 0 Å². The zero-order valence-electron chi connectivity index (χ0n) is 3.37. The first-order valence-electron chi connectivity index (χ1n) is 0.765. The third-order valence-electron chi connectivity index (χ3n) is 0. The van der Waals surface area contributed by atoms with Crippen molar-refractivity contribution in [2.75, 3.05) is 0 Å². The van der Waals surface area contributed by atoms with Gasteiger partial charge in [-0.2, -0.15) is 0 Å². The molecule has 7 heteroatoms. The van der Waals surface area contributed by atoms with Crippen molar-refractivity contribution in [3.05, 3.63) is 0 Å². The molecule has 0 radical (unpaired) electrons. The summed E-state index contributed by atoms with van der Waals surface area (Å²) in [6.45, 7) is 0. The van der Waals surface area contributed by atoms with Crippen LogP contribution in [0.1, 0.15) is 0 Å². The van der Waals surface area contributed by atoms with Crippen LogP contribution >= 0.6 is 7.82 Å². The topological polar surface area (TPSA) is 112 Å². The molecule has 0 saturated heterocycles. The monoisotopic (exact) mass is 155 g/mol. The van der Waals surface area contributed by atoms with Gasteiger partial charge < -0.3 is 20.2 Å². The molecular formula is H4CaO5P+. The van der Waals surface area contributed by atoms with Gasteiger partial charge in [-0.25, -0.2) is 0 Å². The molecule has 0 aliphatic carbocycles. The molecule has 0 spiro atoms. The van der Waals surface area contributed by atoms with Crippen molar-refractivity contribution < 1.29 is 24.7 Å². The minimum Gasteiger partial charge on any atom is -0.756 e. The summed E-state index contributed by atoms with van der Waals surface area (Å²) in [5.41, 5.74) is 0. The Balaban J connectivity index is -0.0000000800. The molecule has 0 aromatic rings. The fraction of sp³-hybridized carbons (Fsp3) is 0. The van der Waals surface area contributed by atoms with Gasteiger partial charge in [0.1, 0.15) is 0 Å². The van der Waals surface area contributed by atoms with Crippen molar-refractivity contribution in [3.63, 3.8) is 0 Å².